The molecule has 0 radical (unpaired) electrons. The molecule has 8 nitrogen and oxygen atoms in total. The van der Waals surface area contributed by atoms with Crippen LogP contribution in [0.15, 0.2) is 0 Å². The summed E-state index contributed by atoms with van der Waals surface area (Å²) < 4.78 is 34.4. The minimum Gasteiger partial charge on any atom is -0.756 e. The maximum absolute atomic E-state index is 12.5. The largest absolute Gasteiger partial charge is 0.756 e. The molecule has 0 amide bonds. The number of quaternary nitrogens is 1. The summed E-state index contributed by atoms with van der Waals surface area (Å²) in [6.45, 7) is 5.41. The Bertz CT molecular complexity index is 716. The van der Waals surface area contributed by atoms with Crippen LogP contribution in [0.5, 0.6) is 0 Å². The van der Waals surface area contributed by atoms with Crippen LogP contribution in [0.3, 0.4) is 0 Å². The molecule has 0 saturated carbocycles. The van der Waals surface area contributed by atoms with Crippen molar-refractivity contribution in [2.45, 2.75) is 180 Å². The Morgan fingerprint density at radius 2 is 1.00 bits per heavy atom. The summed E-state index contributed by atoms with van der Waals surface area (Å²) in [6, 6.07) is 0. The molecule has 0 aromatic rings. The molecule has 9 heteroatoms. The van der Waals surface area contributed by atoms with E-state index in [0.29, 0.717) is 24.1 Å². The number of hydrogen-bond acceptors (Lipinski definition) is 7. The van der Waals surface area contributed by atoms with Crippen molar-refractivity contribution in [3.05, 3.63) is 0 Å². The lowest BCUT2D eigenvalue weighted by Crippen LogP contribution is -2.37. The number of likely N-dealkylation sites (N-methyl/N-ethyl adjacent to an activating group) is 1. The molecule has 0 aromatic carbocycles. The van der Waals surface area contributed by atoms with Gasteiger partial charge in [0.1, 0.15) is 19.3 Å². The third-order valence-electron chi connectivity index (χ3n) is 8.41. The summed E-state index contributed by atoms with van der Waals surface area (Å²) in [7, 11) is 1.37. The number of carbonyl (C=O) groups excluding carboxylic acids is 1. The number of nitrogens with zero attached hydrogens (tertiary/aromatic N) is 1. The van der Waals surface area contributed by atoms with Crippen LogP contribution in [0.25, 0.3) is 0 Å². The highest BCUT2D eigenvalue weighted by Gasteiger charge is 2.20. The van der Waals surface area contributed by atoms with E-state index in [1.54, 1.807) is 0 Å². The Kier molecular flexibility index (Phi) is 31.4. The molecule has 0 bridgehead atoms. The van der Waals surface area contributed by atoms with E-state index >= 15 is 0 Å². The smallest absolute Gasteiger partial charge is 0.306 e. The van der Waals surface area contributed by atoms with Gasteiger partial charge >= 0.3 is 5.97 Å². The molecular formula is C37H76NO7P. The van der Waals surface area contributed by atoms with Gasteiger partial charge in [0.25, 0.3) is 7.82 Å². The van der Waals surface area contributed by atoms with E-state index in [1.165, 1.54) is 122 Å². The van der Waals surface area contributed by atoms with Crippen molar-refractivity contribution >= 4 is 13.8 Å². The lowest BCUT2D eigenvalue weighted by molar-refractivity contribution is -0.870. The number of esters is 1. The quantitative estimate of drug-likeness (QED) is 0.0282. The minimum atomic E-state index is -4.50. The van der Waals surface area contributed by atoms with E-state index in [-0.39, 0.29) is 25.8 Å². The lowest BCUT2D eigenvalue weighted by atomic mass is 10.0. The second kappa shape index (κ2) is 31.7. The maximum Gasteiger partial charge on any atom is 0.306 e. The molecule has 0 N–H and O–H groups in total. The van der Waals surface area contributed by atoms with E-state index in [2.05, 4.69) is 13.8 Å². The number of carbonyl (C=O) groups is 1. The second-order valence-corrected chi connectivity index (χ2v) is 15.7. The van der Waals surface area contributed by atoms with Crippen LogP contribution >= 0.6 is 7.82 Å². The normalized spacial score (nSPS) is 14.0. The number of rotatable bonds is 36. The van der Waals surface area contributed by atoms with Gasteiger partial charge in [0, 0.05) is 13.0 Å². The van der Waals surface area contributed by atoms with Gasteiger partial charge in [-0.3, -0.25) is 9.36 Å². The van der Waals surface area contributed by atoms with Crippen molar-refractivity contribution in [2.24, 2.45) is 0 Å². The summed E-state index contributed by atoms with van der Waals surface area (Å²) in [5.41, 5.74) is 0. The Balaban J connectivity index is 4.17. The van der Waals surface area contributed by atoms with Gasteiger partial charge in [-0.2, -0.15) is 0 Å². The Hall–Kier alpha value is -0.500. The third kappa shape index (κ3) is 34.8. The molecule has 276 valence electrons. The number of phosphoric acid groups is 1. The van der Waals surface area contributed by atoms with E-state index in [1.807, 2.05) is 21.1 Å². The van der Waals surface area contributed by atoms with E-state index < -0.39 is 13.9 Å². The van der Waals surface area contributed by atoms with E-state index in [0.717, 1.165) is 32.1 Å². The topological polar surface area (TPSA) is 94.1 Å². The van der Waals surface area contributed by atoms with E-state index in [9.17, 15) is 14.3 Å². The van der Waals surface area contributed by atoms with Gasteiger partial charge in [-0.25, -0.2) is 0 Å². The lowest BCUT2D eigenvalue weighted by Gasteiger charge is -2.28. The Morgan fingerprint density at radius 3 is 1.43 bits per heavy atom. The first-order chi connectivity index (χ1) is 22.1. The van der Waals surface area contributed by atoms with Gasteiger partial charge in [-0.15, -0.1) is 0 Å². The average molecular weight is 678 g/mol. The number of unbranched alkanes of at least 4 members (excludes halogenated alkanes) is 22. The predicted molar refractivity (Wildman–Crippen MR) is 190 cm³/mol. The summed E-state index contributed by atoms with van der Waals surface area (Å²) in [5.74, 6) is -0.336. The minimum absolute atomic E-state index is 0.0307. The molecule has 0 aliphatic carbocycles. The van der Waals surface area contributed by atoms with Crippen LogP contribution in [0.2, 0.25) is 0 Å². The molecule has 0 heterocycles. The van der Waals surface area contributed by atoms with Crippen molar-refractivity contribution in [1.82, 2.24) is 0 Å². The molecule has 0 spiro atoms. The van der Waals surface area contributed by atoms with Crippen molar-refractivity contribution < 1.29 is 37.3 Å². The summed E-state index contributed by atoms with van der Waals surface area (Å²) in [4.78, 5) is 24.8. The molecule has 0 aliphatic heterocycles. The summed E-state index contributed by atoms with van der Waals surface area (Å²) in [6.07, 6.45) is 29.7. The Labute approximate surface area is 285 Å². The zero-order valence-corrected chi connectivity index (χ0v) is 31.9. The van der Waals surface area contributed by atoms with Gasteiger partial charge in [-0.05, 0) is 12.8 Å². The van der Waals surface area contributed by atoms with Crippen LogP contribution in [0.4, 0.5) is 0 Å². The fraction of sp³-hybridized carbons (Fsp3) is 0.973. The second-order valence-electron chi connectivity index (χ2n) is 14.3. The molecule has 1 unspecified atom stereocenters. The van der Waals surface area contributed by atoms with Crippen molar-refractivity contribution in [3.8, 4) is 0 Å². The van der Waals surface area contributed by atoms with Crippen molar-refractivity contribution in [2.75, 3.05) is 54.1 Å². The Morgan fingerprint density at radius 1 is 0.587 bits per heavy atom. The van der Waals surface area contributed by atoms with Gasteiger partial charge in [0.05, 0.1) is 34.4 Å². The zero-order valence-electron chi connectivity index (χ0n) is 31.0. The van der Waals surface area contributed by atoms with Crippen LogP contribution < -0.4 is 4.89 Å². The average Bonchev–Trinajstić information content (AvgIpc) is 2.99. The predicted octanol–water partition coefficient (Wildman–Crippen LogP) is 9.91. The van der Waals surface area contributed by atoms with Crippen LogP contribution in [-0.2, 0) is 27.9 Å². The van der Waals surface area contributed by atoms with Gasteiger partial charge in [0.2, 0.25) is 0 Å². The highest BCUT2D eigenvalue weighted by atomic mass is 31.2. The number of ether oxygens (including phenoxy) is 2. The SMILES string of the molecule is CCCCCCCCCCCCCCCCCCOC[C@H](COP(=O)([O-])OCC[N+](C)(C)C)OC(=O)CCCCCCCCCC. The fourth-order valence-electron chi connectivity index (χ4n) is 5.37. The standard InChI is InChI=1S/C37H76NO7P/c1-6-8-10-12-14-16-17-18-19-20-21-22-23-25-27-29-32-42-34-36(35-44-46(40,41)43-33-31-38(3,4)5)45-37(39)30-28-26-24-15-13-11-9-7-2/h36H,6-35H2,1-5H3/t36-/m1/s1. The molecule has 46 heavy (non-hydrogen) atoms. The first-order valence-electron chi connectivity index (χ1n) is 19.3. The van der Waals surface area contributed by atoms with Crippen molar-refractivity contribution in [1.29, 1.82) is 0 Å². The van der Waals surface area contributed by atoms with Crippen molar-refractivity contribution in [3.63, 3.8) is 0 Å². The molecule has 0 saturated heterocycles. The van der Waals surface area contributed by atoms with Gasteiger partial charge in [-0.1, -0.05) is 155 Å². The molecular weight excluding hydrogens is 601 g/mol. The fourth-order valence-corrected chi connectivity index (χ4v) is 6.10. The molecule has 0 aliphatic rings. The third-order valence-corrected chi connectivity index (χ3v) is 9.37. The summed E-state index contributed by atoms with van der Waals surface area (Å²) >= 11 is 0. The maximum atomic E-state index is 12.5. The molecule has 0 rings (SSSR count). The highest BCUT2D eigenvalue weighted by molar-refractivity contribution is 7.45. The van der Waals surface area contributed by atoms with Crippen LogP contribution in [-0.4, -0.2) is 70.7 Å². The van der Waals surface area contributed by atoms with Crippen LogP contribution in [0, 0.1) is 0 Å². The van der Waals surface area contributed by atoms with Gasteiger partial charge in [0.15, 0.2) is 0 Å². The number of phosphoric ester groups is 1. The van der Waals surface area contributed by atoms with Crippen LogP contribution in [0.1, 0.15) is 174 Å². The van der Waals surface area contributed by atoms with E-state index in [4.69, 9.17) is 18.5 Å². The summed E-state index contributed by atoms with van der Waals surface area (Å²) in [5, 5.41) is 0. The monoisotopic (exact) mass is 678 g/mol. The molecule has 0 fully saturated rings. The number of hydrogen-bond donors (Lipinski definition) is 0. The first kappa shape index (κ1) is 45.5. The first-order valence-corrected chi connectivity index (χ1v) is 20.7. The highest BCUT2D eigenvalue weighted by Crippen LogP contribution is 2.38. The molecule has 2 atom stereocenters. The molecule has 0 aromatic heterocycles. The van der Waals surface area contributed by atoms with Gasteiger partial charge < -0.3 is 27.9 Å². The zero-order chi connectivity index (χ0) is 34.2.